The van der Waals surface area contributed by atoms with Gasteiger partial charge in [-0.15, -0.1) is 11.8 Å². The molecule has 0 aromatic rings. The third kappa shape index (κ3) is 21.5. The topological polar surface area (TPSA) is 0 Å². The molecule has 0 N–H and O–H groups in total. The van der Waals surface area contributed by atoms with Crippen molar-refractivity contribution in [2.24, 2.45) is 5.92 Å². The first-order chi connectivity index (χ1) is 12.3. The molecule has 0 spiro atoms. The zero-order valence-electron chi connectivity index (χ0n) is 17.4. The highest BCUT2D eigenvalue weighted by Gasteiger charge is 2.02. The van der Waals surface area contributed by atoms with Crippen LogP contribution in [0.2, 0.25) is 0 Å². The third-order valence-electron chi connectivity index (χ3n) is 5.12. The van der Waals surface area contributed by atoms with Gasteiger partial charge in [-0.05, 0) is 18.8 Å². The van der Waals surface area contributed by atoms with Crippen LogP contribution in [-0.4, -0.2) is 0 Å². The number of unbranched alkanes of at least 4 members (excludes halogenated alkanes) is 14. The lowest BCUT2D eigenvalue weighted by Gasteiger charge is -2.10. The van der Waals surface area contributed by atoms with E-state index in [4.69, 9.17) is 0 Å². The van der Waals surface area contributed by atoms with Crippen molar-refractivity contribution in [1.82, 2.24) is 0 Å². The van der Waals surface area contributed by atoms with E-state index in [2.05, 4.69) is 32.6 Å². The molecule has 0 saturated carbocycles. The smallest absolute Gasteiger partial charge is 0.00886 e. The summed E-state index contributed by atoms with van der Waals surface area (Å²) in [5, 5.41) is 0. The Morgan fingerprint density at radius 1 is 0.520 bits per heavy atom. The molecule has 0 fully saturated rings. The highest BCUT2D eigenvalue weighted by Crippen LogP contribution is 2.18. The minimum absolute atomic E-state index is 0.922. The van der Waals surface area contributed by atoms with Crippen molar-refractivity contribution in [1.29, 1.82) is 0 Å². The SMILES string of the molecule is [CH2]CCCCC#CCCCCCC(C)CCCCCCCCCC[CH2]. The second-order valence-electron chi connectivity index (χ2n) is 7.84. The van der Waals surface area contributed by atoms with Crippen LogP contribution in [-0.2, 0) is 0 Å². The fraction of sp³-hybridized carbons (Fsp3) is 0.840. The molecule has 1 atom stereocenters. The summed E-state index contributed by atoms with van der Waals surface area (Å²) >= 11 is 0. The van der Waals surface area contributed by atoms with Crippen LogP contribution in [0.25, 0.3) is 0 Å². The van der Waals surface area contributed by atoms with E-state index in [-0.39, 0.29) is 0 Å². The average molecular weight is 347 g/mol. The molecule has 0 aliphatic carbocycles. The van der Waals surface area contributed by atoms with E-state index in [1.165, 1.54) is 96.3 Å². The lowest BCUT2D eigenvalue weighted by atomic mass is 9.96. The van der Waals surface area contributed by atoms with Gasteiger partial charge >= 0.3 is 0 Å². The molecule has 0 heteroatoms. The fourth-order valence-corrected chi connectivity index (χ4v) is 3.32. The van der Waals surface area contributed by atoms with Crippen LogP contribution in [0.4, 0.5) is 0 Å². The Bertz CT molecular complexity index is 293. The van der Waals surface area contributed by atoms with E-state index < -0.39 is 0 Å². The van der Waals surface area contributed by atoms with Crippen LogP contribution in [0, 0.1) is 31.6 Å². The Labute approximate surface area is 160 Å². The maximum atomic E-state index is 3.90. The van der Waals surface area contributed by atoms with Gasteiger partial charge in [-0.1, -0.05) is 117 Å². The molecule has 2 radical (unpaired) electrons. The van der Waals surface area contributed by atoms with Crippen LogP contribution in [0.5, 0.6) is 0 Å². The Hall–Kier alpha value is -0.440. The molecule has 0 amide bonds. The summed E-state index contributed by atoms with van der Waals surface area (Å²) in [6.07, 6.45) is 25.1. The first-order valence-corrected chi connectivity index (χ1v) is 11.4. The summed E-state index contributed by atoms with van der Waals surface area (Å²) in [5.74, 6) is 7.55. The summed E-state index contributed by atoms with van der Waals surface area (Å²) in [7, 11) is 0. The standard InChI is InChI=1S/C25H46/c1-4-6-8-10-12-14-16-18-20-22-24-25(3)23-21-19-17-15-13-11-9-7-5-2/h25H,1-2,4-11,13,15-24H2,3H3. The number of hydrogen-bond acceptors (Lipinski definition) is 0. The van der Waals surface area contributed by atoms with E-state index in [1.807, 2.05) is 0 Å². The van der Waals surface area contributed by atoms with E-state index in [9.17, 15) is 0 Å². The number of rotatable bonds is 18. The molecule has 0 aromatic carbocycles. The molecule has 0 nitrogen and oxygen atoms in total. The first-order valence-electron chi connectivity index (χ1n) is 11.4. The first kappa shape index (κ1) is 24.6. The maximum absolute atomic E-state index is 3.90. The molecule has 0 heterocycles. The van der Waals surface area contributed by atoms with Crippen molar-refractivity contribution in [2.45, 2.75) is 129 Å². The van der Waals surface area contributed by atoms with E-state index in [1.54, 1.807) is 0 Å². The van der Waals surface area contributed by atoms with Gasteiger partial charge in [0.15, 0.2) is 0 Å². The predicted molar refractivity (Wildman–Crippen MR) is 115 cm³/mol. The lowest BCUT2D eigenvalue weighted by molar-refractivity contribution is 0.434. The molecule has 0 aliphatic rings. The Morgan fingerprint density at radius 3 is 1.40 bits per heavy atom. The molecule has 0 aliphatic heterocycles. The van der Waals surface area contributed by atoms with Crippen molar-refractivity contribution in [2.75, 3.05) is 0 Å². The zero-order chi connectivity index (χ0) is 18.4. The molecule has 25 heavy (non-hydrogen) atoms. The Kier molecular flexibility index (Phi) is 21.2. The van der Waals surface area contributed by atoms with Crippen LogP contribution < -0.4 is 0 Å². The number of hydrogen-bond donors (Lipinski definition) is 0. The molecule has 0 saturated heterocycles. The highest BCUT2D eigenvalue weighted by atomic mass is 14.1. The van der Waals surface area contributed by atoms with E-state index >= 15 is 0 Å². The summed E-state index contributed by atoms with van der Waals surface area (Å²) in [4.78, 5) is 0. The summed E-state index contributed by atoms with van der Waals surface area (Å²) in [6.45, 7) is 10.2. The van der Waals surface area contributed by atoms with Crippen LogP contribution >= 0.6 is 0 Å². The van der Waals surface area contributed by atoms with Crippen molar-refractivity contribution in [3.8, 4) is 11.8 Å². The lowest BCUT2D eigenvalue weighted by Crippen LogP contribution is -1.95. The van der Waals surface area contributed by atoms with Gasteiger partial charge in [-0.3, -0.25) is 0 Å². The van der Waals surface area contributed by atoms with Crippen molar-refractivity contribution >= 4 is 0 Å². The van der Waals surface area contributed by atoms with Crippen molar-refractivity contribution in [3.05, 3.63) is 13.8 Å². The predicted octanol–water partition coefficient (Wildman–Crippen LogP) is 8.71. The summed E-state index contributed by atoms with van der Waals surface area (Å²) in [5.41, 5.74) is 0. The van der Waals surface area contributed by atoms with Gasteiger partial charge in [0.2, 0.25) is 0 Å². The molecule has 0 bridgehead atoms. The van der Waals surface area contributed by atoms with Crippen LogP contribution in [0.15, 0.2) is 0 Å². The molecule has 1 unspecified atom stereocenters. The minimum Gasteiger partial charge on any atom is -0.103 e. The molecule has 0 rings (SSSR count). The Balaban J connectivity index is 3.21. The highest BCUT2D eigenvalue weighted by molar-refractivity contribution is 4.98. The van der Waals surface area contributed by atoms with Gasteiger partial charge in [-0.25, -0.2) is 0 Å². The average Bonchev–Trinajstić information content (AvgIpc) is 2.62. The van der Waals surface area contributed by atoms with Gasteiger partial charge in [-0.2, -0.15) is 0 Å². The normalized spacial score (nSPS) is 12.0. The van der Waals surface area contributed by atoms with E-state index in [0.29, 0.717) is 0 Å². The molecular formula is C25H46. The molecule has 0 aromatic heterocycles. The van der Waals surface area contributed by atoms with Crippen molar-refractivity contribution in [3.63, 3.8) is 0 Å². The molecular weight excluding hydrogens is 300 g/mol. The van der Waals surface area contributed by atoms with Crippen molar-refractivity contribution < 1.29 is 0 Å². The van der Waals surface area contributed by atoms with E-state index in [0.717, 1.165) is 31.6 Å². The van der Waals surface area contributed by atoms with Gasteiger partial charge in [0, 0.05) is 12.8 Å². The largest absolute Gasteiger partial charge is 0.103 e. The second kappa shape index (κ2) is 21.6. The molecule has 146 valence electrons. The quantitative estimate of drug-likeness (QED) is 0.172. The Morgan fingerprint density at radius 2 is 0.880 bits per heavy atom. The summed E-state index contributed by atoms with van der Waals surface area (Å²) in [6, 6.07) is 0. The van der Waals surface area contributed by atoms with Gasteiger partial charge in [0.05, 0.1) is 0 Å². The fourth-order valence-electron chi connectivity index (χ4n) is 3.32. The minimum atomic E-state index is 0.922. The zero-order valence-corrected chi connectivity index (χ0v) is 17.4. The van der Waals surface area contributed by atoms with Gasteiger partial charge in [0.1, 0.15) is 0 Å². The van der Waals surface area contributed by atoms with Gasteiger partial charge < -0.3 is 0 Å². The van der Waals surface area contributed by atoms with Crippen LogP contribution in [0.3, 0.4) is 0 Å². The second-order valence-corrected chi connectivity index (χ2v) is 7.84. The van der Waals surface area contributed by atoms with Crippen LogP contribution in [0.1, 0.15) is 129 Å². The maximum Gasteiger partial charge on any atom is 0.00886 e. The summed E-state index contributed by atoms with van der Waals surface area (Å²) < 4.78 is 0. The van der Waals surface area contributed by atoms with Gasteiger partial charge in [0.25, 0.3) is 0 Å². The monoisotopic (exact) mass is 346 g/mol. The third-order valence-corrected chi connectivity index (χ3v) is 5.12.